The Bertz CT molecular complexity index is 610. The lowest BCUT2D eigenvalue weighted by Crippen LogP contribution is -2.51. The second-order valence-electron chi connectivity index (χ2n) is 6.57. The SMILES string of the molecule is CS(=O)(=O)O.c1ccc(SCC(CN2CCOCC2)N2CCOCC2)cc1. The van der Waals surface area contributed by atoms with Crippen molar-refractivity contribution in [3.63, 3.8) is 0 Å². The zero-order valence-corrected chi connectivity index (χ0v) is 17.5. The molecule has 2 heterocycles. The van der Waals surface area contributed by atoms with Crippen LogP contribution in [0.25, 0.3) is 0 Å². The third-order valence-electron chi connectivity index (χ3n) is 4.32. The van der Waals surface area contributed by atoms with Crippen LogP contribution in [0.5, 0.6) is 0 Å². The van der Waals surface area contributed by atoms with Gasteiger partial charge in [0.2, 0.25) is 0 Å². The zero-order chi connectivity index (χ0) is 19.5. The van der Waals surface area contributed by atoms with Crippen LogP contribution in [0.1, 0.15) is 0 Å². The highest BCUT2D eigenvalue weighted by atomic mass is 32.2. The summed E-state index contributed by atoms with van der Waals surface area (Å²) in [6, 6.07) is 11.3. The van der Waals surface area contributed by atoms with Gasteiger partial charge in [0.1, 0.15) is 0 Å². The molecule has 0 spiro atoms. The van der Waals surface area contributed by atoms with Crippen LogP contribution < -0.4 is 0 Å². The average molecular weight is 419 g/mol. The van der Waals surface area contributed by atoms with Crippen molar-refractivity contribution in [3.05, 3.63) is 30.3 Å². The van der Waals surface area contributed by atoms with Gasteiger partial charge in [-0.05, 0) is 12.1 Å². The molecule has 0 aliphatic carbocycles. The molecule has 1 atom stereocenters. The number of thioether (sulfide) groups is 1. The van der Waals surface area contributed by atoms with Crippen molar-refractivity contribution in [2.75, 3.05) is 71.2 Å². The topological polar surface area (TPSA) is 79.3 Å². The predicted molar refractivity (Wildman–Crippen MR) is 108 cm³/mol. The Morgan fingerprint density at radius 3 is 2.11 bits per heavy atom. The summed E-state index contributed by atoms with van der Waals surface area (Å²) < 4.78 is 36.9. The standard InChI is InChI=1S/C17H26N2O2S.CH4O3S/c1-2-4-17(5-3-1)22-15-16(19-8-12-21-13-9-19)14-18-6-10-20-11-7-18;1-5(2,3)4/h1-5,16H,6-15H2;1H3,(H,2,3,4). The maximum absolute atomic E-state index is 9.19. The molecule has 1 N–H and O–H groups in total. The Morgan fingerprint density at radius 2 is 1.56 bits per heavy atom. The highest BCUT2D eigenvalue weighted by Gasteiger charge is 2.24. The van der Waals surface area contributed by atoms with E-state index in [9.17, 15) is 8.42 Å². The van der Waals surface area contributed by atoms with Crippen LogP contribution in [0.4, 0.5) is 0 Å². The minimum absolute atomic E-state index is 0.590. The van der Waals surface area contributed by atoms with Crippen molar-refractivity contribution in [2.24, 2.45) is 0 Å². The lowest BCUT2D eigenvalue weighted by atomic mass is 10.2. The molecule has 27 heavy (non-hydrogen) atoms. The quantitative estimate of drug-likeness (QED) is 0.547. The molecule has 154 valence electrons. The third-order valence-corrected chi connectivity index (χ3v) is 5.48. The monoisotopic (exact) mass is 418 g/mol. The van der Waals surface area contributed by atoms with E-state index in [1.165, 1.54) is 4.90 Å². The molecule has 2 fully saturated rings. The van der Waals surface area contributed by atoms with Crippen LogP contribution in [0.15, 0.2) is 35.2 Å². The fourth-order valence-electron chi connectivity index (χ4n) is 3.01. The number of hydrogen-bond donors (Lipinski definition) is 1. The molecule has 2 aliphatic heterocycles. The molecule has 1 aromatic carbocycles. The highest BCUT2D eigenvalue weighted by molar-refractivity contribution is 7.99. The van der Waals surface area contributed by atoms with Gasteiger partial charge in [0.15, 0.2) is 0 Å². The number of nitrogens with zero attached hydrogens (tertiary/aromatic N) is 2. The van der Waals surface area contributed by atoms with E-state index >= 15 is 0 Å². The fourth-order valence-corrected chi connectivity index (χ4v) is 4.06. The van der Waals surface area contributed by atoms with Crippen molar-refractivity contribution in [2.45, 2.75) is 10.9 Å². The van der Waals surface area contributed by atoms with Crippen LogP contribution in [0, 0.1) is 0 Å². The number of morpholine rings is 2. The van der Waals surface area contributed by atoms with Crippen LogP contribution in [0.3, 0.4) is 0 Å². The molecule has 9 heteroatoms. The second kappa shape index (κ2) is 12.0. The first kappa shape index (κ1) is 22.6. The maximum Gasteiger partial charge on any atom is 0.261 e. The minimum atomic E-state index is -3.67. The molecule has 3 rings (SSSR count). The molecule has 0 saturated carbocycles. The Balaban J connectivity index is 0.000000465. The third kappa shape index (κ3) is 10.4. The van der Waals surface area contributed by atoms with Crippen LogP contribution in [0.2, 0.25) is 0 Å². The molecular weight excluding hydrogens is 388 g/mol. The molecule has 0 radical (unpaired) electrons. The second-order valence-corrected chi connectivity index (χ2v) is 9.13. The van der Waals surface area contributed by atoms with E-state index in [1.807, 2.05) is 11.8 Å². The maximum atomic E-state index is 9.19. The Kier molecular flexibility index (Phi) is 10.1. The summed E-state index contributed by atoms with van der Waals surface area (Å²) in [5, 5.41) is 0. The van der Waals surface area contributed by atoms with Crippen LogP contribution in [-0.4, -0.2) is 100.0 Å². The largest absolute Gasteiger partial charge is 0.379 e. The molecule has 7 nitrogen and oxygen atoms in total. The molecule has 0 aromatic heterocycles. The molecule has 0 amide bonds. The van der Waals surface area contributed by atoms with Gasteiger partial charge in [0.05, 0.1) is 32.7 Å². The summed E-state index contributed by atoms with van der Waals surface area (Å²) in [7, 11) is -3.67. The summed E-state index contributed by atoms with van der Waals surface area (Å²) in [5.74, 6) is 1.14. The van der Waals surface area contributed by atoms with E-state index in [4.69, 9.17) is 14.0 Å². The lowest BCUT2D eigenvalue weighted by molar-refractivity contribution is -0.00428. The van der Waals surface area contributed by atoms with Gasteiger partial charge in [-0.15, -0.1) is 11.8 Å². The van der Waals surface area contributed by atoms with Gasteiger partial charge in [-0.3, -0.25) is 14.4 Å². The van der Waals surface area contributed by atoms with E-state index in [-0.39, 0.29) is 0 Å². The summed E-state index contributed by atoms with van der Waals surface area (Å²) in [6.45, 7) is 8.89. The van der Waals surface area contributed by atoms with Gasteiger partial charge in [0.25, 0.3) is 10.1 Å². The van der Waals surface area contributed by atoms with Crippen molar-refractivity contribution >= 4 is 21.9 Å². The Morgan fingerprint density at radius 1 is 1.04 bits per heavy atom. The zero-order valence-electron chi connectivity index (χ0n) is 15.8. The summed E-state index contributed by atoms with van der Waals surface area (Å²) in [6.07, 6.45) is 0.715. The van der Waals surface area contributed by atoms with Crippen molar-refractivity contribution in [1.82, 2.24) is 9.80 Å². The Labute approximate surface area is 166 Å². The number of ether oxygens (including phenoxy) is 2. The number of benzene rings is 1. The van der Waals surface area contributed by atoms with Crippen LogP contribution >= 0.6 is 11.8 Å². The van der Waals surface area contributed by atoms with E-state index in [0.29, 0.717) is 12.3 Å². The lowest BCUT2D eigenvalue weighted by Gasteiger charge is -2.38. The average Bonchev–Trinajstić information content (AvgIpc) is 2.66. The summed E-state index contributed by atoms with van der Waals surface area (Å²) >= 11 is 1.97. The van der Waals surface area contributed by atoms with E-state index in [0.717, 1.165) is 64.9 Å². The summed E-state index contributed by atoms with van der Waals surface area (Å²) in [5.41, 5.74) is 0. The molecule has 2 aliphatic rings. The Hall–Kier alpha value is -0.680. The first-order chi connectivity index (χ1) is 12.9. The molecule has 0 bridgehead atoms. The smallest absolute Gasteiger partial charge is 0.261 e. The van der Waals surface area contributed by atoms with E-state index < -0.39 is 10.1 Å². The normalized spacial score (nSPS) is 20.5. The van der Waals surface area contributed by atoms with Crippen molar-refractivity contribution in [1.29, 1.82) is 0 Å². The van der Waals surface area contributed by atoms with Gasteiger partial charge >= 0.3 is 0 Å². The first-order valence-electron chi connectivity index (χ1n) is 9.14. The minimum Gasteiger partial charge on any atom is -0.379 e. The van der Waals surface area contributed by atoms with Gasteiger partial charge in [0, 0.05) is 49.4 Å². The van der Waals surface area contributed by atoms with Crippen molar-refractivity contribution < 1.29 is 22.4 Å². The van der Waals surface area contributed by atoms with Gasteiger partial charge in [-0.2, -0.15) is 8.42 Å². The molecule has 1 unspecified atom stereocenters. The van der Waals surface area contributed by atoms with Crippen LogP contribution in [-0.2, 0) is 19.6 Å². The molecule has 2 saturated heterocycles. The van der Waals surface area contributed by atoms with Gasteiger partial charge in [-0.25, -0.2) is 0 Å². The molecular formula is C18H30N2O5S2. The number of hydrogen-bond acceptors (Lipinski definition) is 7. The first-order valence-corrected chi connectivity index (χ1v) is 12.0. The van der Waals surface area contributed by atoms with Gasteiger partial charge < -0.3 is 9.47 Å². The fraction of sp³-hybridized carbons (Fsp3) is 0.667. The van der Waals surface area contributed by atoms with E-state index in [1.54, 1.807) is 0 Å². The highest BCUT2D eigenvalue weighted by Crippen LogP contribution is 2.21. The van der Waals surface area contributed by atoms with Gasteiger partial charge in [-0.1, -0.05) is 18.2 Å². The number of rotatable bonds is 6. The van der Waals surface area contributed by atoms with Crippen molar-refractivity contribution in [3.8, 4) is 0 Å². The summed E-state index contributed by atoms with van der Waals surface area (Å²) in [4.78, 5) is 6.52. The predicted octanol–water partition coefficient (Wildman–Crippen LogP) is 1.32. The van der Waals surface area contributed by atoms with E-state index in [2.05, 4.69) is 40.1 Å². The molecule has 1 aromatic rings.